The van der Waals surface area contributed by atoms with Crippen LogP contribution in [0.1, 0.15) is 30.3 Å². The molecule has 2 aliphatic rings. The summed E-state index contributed by atoms with van der Waals surface area (Å²) in [6, 6.07) is 5.46. The van der Waals surface area contributed by atoms with E-state index in [0.717, 1.165) is 25.9 Å². The van der Waals surface area contributed by atoms with Crippen LogP contribution in [-0.2, 0) is 4.74 Å². The Labute approximate surface area is 107 Å². The molecule has 1 aromatic rings. The Morgan fingerprint density at radius 1 is 1.50 bits per heavy atom. The summed E-state index contributed by atoms with van der Waals surface area (Å²) >= 11 is 0. The Kier molecular flexibility index (Phi) is 3.04. The maximum Gasteiger partial charge on any atom is 0.272 e. The van der Waals surface area contributed by atoms with Crippen molar-refractivity contribution in [3.05, 3.63) is 30.1 Å². The van der Waals surface area contributed by atoms with Gasteiger partial charge in [-0.05, 0) is 31.9 Å². The molecule has 0 radical (unpaired) electrons. The van der Waals surface area contributed by atoms with Crippen LogP contribution in [-0.4, -0.2) is 41.1 Å². The van der Waals surface area contributed by atoms with Gasteiger partial charge in [0.1, 0.15) is 5.69 Å². The molecule has 0 unspecified atom stereocenters. The summed E-state index contributed by atoms with van der Waals surface area (Å²) in [6.07, 6.45) is 4.38. The SMILES string of the molecule is C[C@H]1C[C@H]2CN(C(=O)c3ccccn3)CC[C@H]2O1. The normalized spacial score (nSPS) is 31.2. The molecule has 1 amide bonds. The Balaban J connectivity index is 1.70. The van der Waals surface area contributed by atoms with Gasteiger partial charge in [0.05, 0.1) is 12.2 Å². The van der Waals surface area contributed by atoms with Crippen molar-refractivity contribution in [2.45, 2.75) is 32.0 Å². The summed E-state index contributed by atoms with van der Waals surface area (Å²) < 4.78 is 5.85. The number of ether oxygens (including phenoxy) is 1. The summed E-state index contributed by atoms with van der Waals surface area (Å²) in [5.74, 6) is 0.551. The predicted octanol–water partition coefficient (Wildman–Crippen LogP) is 1.72. The van der Waals surface area contributed by atoms with Crippen LogP contribution in [0.3, 0.4) is 0 Å². The van der Waals surface area contributed by atoms with Gasteiger partial charge < -0.3 is 9.64 Å². The smallest absolute Gasteiger partial charge is 0.272 e. The van der Waals surface area contributed by atoms with E-state index in [2.05, 4.69) is 11.9 Å². The fraction of sp³-hybridized carbons (Fsp3) is 0.571. The number of hydrogen-bond donors (Lipinski definition) is 0. The topological polar surface area (TPSA) is 42.4 Å². The lowest BCUT2D eigenvalue weighted by atomic mass is 9.93. The molecule has 2 fully saturated rings. The molecule has 3 heterocycles. The first-order chi connectivity index (χ1) is 8.74. The van der Waals surface area contributed by atoms with E-state index >= 15 is 0 Å². The van der Waals surface area contributed by atoms with Crippen LogP contribution in [0.15, 0.2) is 24.4 Å². The van der Waals surface area contributed by atoms with Crippen LogP contribution in [0.2, 0.25) is 0 Å². The highest BCUT2D eigenvalue weighted by molar-refractivity contribution is 5.92. The lowest BCUT2D eigenvalue weighted by Crippen LogP contribution is -2.44. The summed E-state index contributed by atoms with van der Waals surface area (Å²) in [5.41, 5.74) is 0.544. The van der Waals surface area contributed by atoms with Gasteiger partial charge in [0, 0.05) is 25.2 Å². The fourth-order valence-corrected chi connectivity index (χ4v) is 3.03. The monoisotopic (exact) mass is 246 g/mol. The van der Waals surface area contributed by atoms with Gasteiger partial charge in [0.2, 0.25) is 0 Å². The number of nitrogens with zero attached hydrogens (tertiary/aromatic N) is 2. The van der Waals surface area contributed by atoms with Gasteiger partial charge in [0.15, 0.2) is 0 Å². The zero-order valence-corrected chi connectivity index (χ0v) is 10.6. The van der Waals surface area contributed by atoms with E-state index in [0.29, 0.717) is 23.8 Å². The van der Waals surface area contributed by atoms with Gasteiger partial charge in [-0.25, -0.2) is 0 Å². The van der Waals surface area contributed by atoms with Crippen LogP contribution < -0.4 is 0 Å². The zero-order valence-electron chi connectivity index (χ0n) is 10.6. The molecule has 0 saturated carbocycles. The third-order valence-corrected chi connectivity index (χ3v) is 3.88. The third-order valence-electron chi connectivity index (χ3n) is 3.88. The summed E-state index contributed by atoms with van der Waals surface area (Å²) in [6.45, 7) is 3.71. The number of rotatable bonds is 1. The van der Waals surface area contributed by atoms with Gasteiger partial charge in [-0.3, -0.25) is 9.78 Å². The highest BCUT2D eigenvalue weighted by atomic mass is 16.5. The maximum absolute atomic E-state index is 12.3. The minimum absolute atomic E-state index is 0.0496. The van der Waals surface area contributed by atoms with Crippen molar-refractivity contribution in [3.8, 4) is 0 Å². The lowest BCUT2D eigenvalue weighted by Gasteiger charge is -2.33. The molecule has 0 N–H and O–H groups in total. The maximum atomic E-state index is 12.3. The van der Waals surface area contributed by atoms with Crippen molar-refractivity contribution in [1.82, 2.24) is 9.88 Å². The van der Waals surface area contributed by atoms with Crippen molar-refractivity contribution < 1.29 is 9.53 Å². The highest BCUT2D eigenvalue weighted by Gasteiger charge is 2.38. The first kappa shape index (κ1) is 11.7. The first-order valence-corrected chi connectivity index (χ1v) is 6.60. The summed E-state index contributed by atoms with van der Waals surface area (Å²) in [4.78, 5) is 18.3. The average molecular weight is 246 g/mol. The minimum Gasteiger partial charge on any atom is -0.375 e. The van der Waals surface area contributed by atoms with E-state index in [9.17, 15) is 4.79 Å². The molecule has 96 valence electrons. The number of fused-ring (bicyclic) bond motifs is 1. The zero-order chi connectivity index (χ0) is 12.5. The van der Waals surface area contributed by atoms with Crippen molar-refractivity contribution in [2.75, 3.05) is 13.1 Å². The third kappa shape index (κ3) is 2.12. The second kappa shape index (κ2) is 4.69. The molecular formula is C14H18N2O2. The van der Waals surface area contributed by atoms with E-state index in [1.165, 1.54) is 0 Å². The molecule has 4 heteroatoms. The molecule has 0 spiro atoms. The molecule has 3 atom stereocenters. The molecule has 2 saturated heterocycles. The van der Waals surface area contributed by atoms with Crippen LogP contribution in [0.25, 0.3) is 0 Å². The summed E-state index contributed by atoms with van der Waals surface area (Å²) in [7, 11) is 0. The number of amides is 1. The summed E-state index contributed by atoms with van der Waals surface area (Å²) in [5, 5.41) is 0. The van der Waals surface area contributed by atoms with E-state index < -0.39 is 0 Å². The fourth-order valence-electron chi connectivity index (χ4n) is 3.03. The molecule has 0 aromatic carbocycles. The van der Waals surface area contributed by atoms with E-state index in [1.54, 1.807) is 12.3 Å². The van der Waals surface area contributed by atoms with Crippen molar-refractivity contribution >= 4 is 5.91 Å². The largest absolute Gasteiger partial charge is 0.375 e. The number of piperidine rings is 1. The van der Waals surface area contributed by atoms with Gasteiger partial charge in [0.25, 0.3) is 5.91 Å². The van der Waals surface area contributed by atoms with Gasteiger partial charge in [-0.15, -0.1) is 0 Å². The number of carbonyl (C=O) groups excluding carboxylic acids is 1. The van der Waals surface area contributed by atoms with E-state index in [4.69, 9.17) is 4.74 Å². The molecule has 1 aromatic heterocycles. The predicted molar refractivity (Wildman–Crippen MR) is 67.2 cm³/mol. The van der Waals surface area contributed by atoms with Crippen molar-refractivity contribution in [2.24, 2.45) is 5.92 Å². The number of aromatic nitrogens is 1. The van der Waals surface area contributed by atoms with Crippen LogP contribution >= 0.6 is 0 Å². The Bertz CT molecular complexity index is 435. The van der Waals surface area contributed by atoms with Crippen LogP contribution in [0.5, 0.6) is 0 Å². The van der Waals surface area contributed by atoms with Crippen LogP contribution in [0.4, 0.5) is 0 Å². The van der Waals surface area contributed by atoms with Gasteiger partial charge in [-0.1, -0.05) is 6.07 Å². The Morgan fingerprint density at radius 2 is 2.39 bits per heavy atom. The van der Waals surface area contributed by atoms with Gasteiger partial charge in [-0.2, -0.15) is 0 Å². The molecule has 2 aliphatic heterocycles. The second-order valence-corrected chi connectivity index (χ2v) is 5.24. The van der Waals surface area contributed by atoms with Crippen LogP contribution in [0, 0.1) is 5.92 Å². The number of likely N-dealkylation sites (tertiary alicyclic amines) is 1. The average Bonchev–Trinajstić information content (AvgIpc) is 2.78. The molecule has 3 rings (SSSR count). The van der Waals surface area contributed by atoms with Crippen molar-refractivity contribution in [1.29, 1.82) is 0 Å². The molecule has 18 heavy (non-hydrogen) atoms. The van der Waals surface area contributed by atoms with Crippen molar-refractivity contribution in [3.63, 3.8) is 0 Å². The Hall–Kier alpha value is -1.42. The van der Waals surface area contributed by atoms with E-state index in [-0.39, 0.29) is 5.91 Å². The minimum atomic E-state index is 0.0496. The van der Waals surface area contributed by atoms with Gasteiger partial charge >= 0.3 is 0 Å². The molecule has 0 bridgehead atoms. The lowest BCUT2D eigenvalue weighted by molar-refractivity contribution is 0.00850. The first-order valence-electron chi connectivity index (χ1n) is 6.60. The number of hydrogen-bond acceptors (Lipinski definition) is 3. The van der Waals surface area contributed by atoms with E-state index in [1.807, 2.05) is 17.0 Å². The molecule has 4 nitrogen and oxygen atoms in total. The number of carbonyl (C=O) groups is 1. The second-order valence-electron chi connectivity index (χ2n) is 5.24. The number of pyridine rings is 1. The quantitative estimate of drug-likeness (QED) is 0.757. The standard InChI is InChI=1S/C14H18N2O2/c1-10-8-11-9-16(7-5-13(11)18-10)14(17)12-4-2-3-6-15-12/h2-4,6,10-11,13H,5,7-9H2,1H3/t10-,11-,13+/m0/s1. The molecule has 0 aliphatic carbocycles. The highest BCUT2D eigenvalue weighted by Crippen LogP contribution is 2.32. The Morgan fingerprint density at radius 3 is 3.17 bits per heavy atom. The molecular weight excluding hydrogens is 228 g/mol.